The number of nitrogens with zero attached hydrogens (tertiary/aromatic N) is 2. The number of hydrogen-bond acceptors (Lipinski definition) is 5. The van der Waals surface area contributed by atoms with Gasteiger partial charge in [0.2, 0.25) is 5.13 Å². The van der Waals surface area contributed by atoms with Crippen LogP contribution < -0.4 is 5.32 Å². The topological polar surface area (TPSA) is 58.0 Å². The van der Waals surface area contributed by atoms with Crippen LogP contribution in [0.4, 0.5) is 5.13 Å². The molecule has 2 atom stereocenters. The highest BCUT2D eigenvalue weighted by Gasteiger charge is 2.32. The Bertz CT molecular complexity index is 304. The van der Waals surface area contributed by atoms with Crippen molar-refractivity contribution in [3.8, 4) is 0 Å². The number of rotatable bonds is 3. The molecule has 0 aliphatic heterocycles. The van der Waals surface area contributed by atoms with Gasteiger partial charge in [-0.1, -0.05) is 19.8 Å². The van der Waals surface area contributed by atoms with Crippen molar-refractivity contribution in [2.45, 2.75) is 38.2 Å². The maximum Gasteiger partial charge on any atom is 0.202 e. The van der Waals surface area contributed by atoms with Crippen LogP contribution in [0.15, 0.2) is 6.33 Å². The fraction of sp³-hybridized carbons (Fsp3) is 0.800. The van der Waals surface area contributed by atoms with Gasteiger partial charge in [-0.15, -0.1) is 0 Å². The molecule has 0 radical (unpaired) electrons. The van der Waals surface area contributed by atoms with Gasteiger partial charge in [0, 0.05) is 18.1 Å². The Hall–Kier alpha value is -0.680. The summed E-state index contributed by atoms with van der Waals surface area (Å²) < 4.78 is 3.91. The number of nitrogens with one attached hydrogen (secondary N) is 1. The Labute approximate surface area is 93.9 Å². The molecule has 2 unspecified atom stereocenters. The molecule has 2 rings (SSSR count). The summed E-state index contributed by atoms with van der Waals surface area (Å²) >= 11 is 1.33. The fourth-order valence-electron chi connectivity index (χ4n) is 2.28. The van der Waals surface area contributed by atoms with Crippen LogP contribution in [0.3, 0.4) is 0 Å². The molecule has 4 nitrogen and oxygen atoms in total. The molecule has 1 fully saturated rings. The second kappa shape index (κ2) is 4.45. The van der Waals surface area contributed by atoms with Crippen molar-refractivity contribution >= 4 is 16.7 Å². The van der Waals surface area contributed by atoms with Crippen LogP contribution in [-0.4, -0.2) is 26.6 Å². The summed E-state index contributed by atoms with van der Waals surface area (Å²) in [6, 6.07) is 0. The lowest BCUT2D eigenvalue weighted by atomic mass is 9.79. The van der Waals surface area contributed by atoms with Crippen molar-refractivity contribution in [1.29, 1.82) is 0 Å². The van der Waals surface area contributed by atoms with Crippen LogP contribution >= 0.6 is 11.5 Å². The average molecular weight is 227 g/mol. The highest BCUT2D eigenvalue weighted by molar-refractivity contribution is 7.09. The van der Waals surface area contributed by atoms with E-state index in [1.807, 2.05) is 0 Å². The normalized spacial score (nSPS) is 31.5. The zero-order valence-electron chi connectivity index (χ0n) is 8.94. The van der Waals surface area contributed by atoms with Gasteiger partial charge in [-0.2, -0.15) is 4.37 Å². The first-order valence-electron chi connectivity index (χ1n) is 5.41. The van der Waals surface area contributed by atoms with Crippen LogP contribution in [0.5, 0.6) is 0 Å². The maximum absolute atomic E-state index is 10.3. The zero-order valence-corrected chi connectivity index (χ0v) is 9.76. The summed E-state index contributed by atoms with van der Waals surface area (Å²) in [5, 5.41) is 14.3. The molecule has 5 heteroatoms. The third kappa shape index (κ3) is 2.89. The maximum atomic E-state index is 10.3. The fourth-order valence-corrected chi connectivity index (χ4v) is 2.71. The molecule has 0 bridgehead atoms. The first-order chi connectivity index (χ1) is 7.18. The van der Waals surface area contributed by atoms with Gasteiger partial charge in [0.15, 0.2) is 0 Å². The van der Waals surface area contributed by atoms with E-state index in [-0.39, 0.29) is 0 Å². The minimum absolute atomic E-state index is 0.552. The zero-order chi connectivity index (χ0) is 10.7. The Morgan fingerprint density at radius 3 is 3.27 bits per heavy atom. The first kappa shape index (κ1) is 10.8. The monoisotopic (exact) mass is 227 g/mol. The van der Waals surface area contributed by atoms with Crippen molar-refractivity contribution in [2.24, 2.45) is 5.92 Å². The predicted molar refractivity (Wildman–Crippen MR) is 61.0 cm³/mol. The molecule has 1 saturated carbocycles. The molecule has 1 heterocycles. The van der Waals surface area contributed by atoms with E-state index in [4.69, 9.17) is 0 Å². The van der Waals surface area contributed by atoms with Gasteiger partial charge < -0.3 is 10.4 Å². The van der Waals surface area contributed by atoms with Crippen molar-refractivity contribution in [1.82, 2.24) is 9.36 Å². The van der Waals surface area contributed by atoms with E-state index in [9.17, 15) is 5.11 Å². The minimum atomic E-state index is -0.552. The minimum Gasteiger partial charge on any atom is -0.388 e. The van der Waals surface area contributed by atoms with Crippen molar-refractivity contribution < 1.29 is 5.11 Å². The predicted octanol–water partition coefficient (Wildman–Crippen LogP) is 1.89. The van der Waals surface area contributed by atoms with Crippen LogP contribution in [0.25, 0.3) is 0 Å². The van der Waals surface area contributed by atoms with E-state index in [1.165, 1.54) is 24.3 Å². The Kier molecular flexibility index (Phi) is 3.21. The van der Waals surface area contributed by atoms with E-state index in [1.54, 1.807) is 0 Å². The van der Waals surface area contributed by atoms with Gasteiger partial charge in [0.1, 0.15) is 6.33 Å². The molecular formula is C10H17N3OS. The molecule has 0 saturated heterocycles. The van der Waals surface area contributed by atoms with Gasteiger partial charge in [-0.05, 0) is 18.8 Å². The smallest absolute Gasteiger partial charge is 0.202 e. The summed E-state index contributed by atoms with van der Waals surface area (Å²) in [4.78, 5) is 4.04. The second-order valence-electron chi connectivity index (χ2n) is 4.53. The molecule has 84 valence electrons. The number of anilines is 1. The largest absolute Gasteiger partial charge is 0.388 e. The molecule has 15 heavy (non-hydrogen) atoms. The molecule has 1 aromatic rings. The van der Waals surface area contributed by atoms with Crippen LogP contribution in [0.1, 0.15) is 32.6 Å². The lowest BCUT2D eigenvalue weighted by molar-refractivity contribution is -0.000763. The van der Waals surface area contributed by atoms with Gasteiger partial charge in [-0.25, -0.2) is 4.98 Å². The van der Waals surface area contributed by atoms with E-state index in [0.717, 1.165) is 24.4 Å². The lowest BCUT2D eigenvalue weighted by Crippen LogP contribution is -2.41. The van der Waals surface area contributed by atoms with Crippen LogP contribution in [-0.2, 0) is 0 Å². The number of aromatic nitrogens is 2. The number of hydrogen-bond donors (Lipinski definition) is 2. The number of aliphatic hydroxyl groups is 1. The van der Waals surface area contributed by atoms with Crippen molar-refractivity contribution in [3.05, 3.63) is 6.33 Å². The second-order valence-corrected chi connectivity index (χ2v) is 5.31. The molecule has 0 amide bonds. The van der Waals surface area contributed by atoms with E-state index in [2.05, 4.69) is 21.6 Å². The van der Waals surface area contributed by atoms with E-state index < -0.39 is 5.60 Å². The quantitative estimate of drug-likeness (QED) is 0.828. The molecule has 1 aromatic heterocycles. The molecule has 0 spiro atoms. The molecule has 2 N–H and O–H groups in total. The summed E-state index contributed by atoms with van der Waals surface area (Å²) in [6.07, 6.45) is 5.67. The van der Waals surface area contributed by atoms with E-state index in [0.29, 0.717) is 12.5 Å². The van der Waals surface area contributed by atoms with Crippen molar-refractivity contribution in [3.63, 3.8) is 0 Å². The third-order valence-corrected chi connectivity index (χ3v) is 3.62. The highest BCUT2D eigenvalue weighted by Crippen LogP contribution is 2.32. The van der Waals surface area contributed by atoms with Gasteiger partial charge in [0.25, 0.3) is 0 Å². The summed E-state index contributed by atoms with van der Waals surface area (Å²) in [5.74, 6) is 0.625. The van der Waals surface area contributed by atoms with Gasteiger partial charge in [0.05, 0.1) is 5.60 Å². The first-order valence-corrected chi connectivity index (χ1v) is 6.18. The Morgan fingerprint density at radius 2 is 2.60 bits per heavy atom. The standard InChI is InChI=1S/C10H17N3OS/c1-8-3-2-4-10(14,5-8)6-11-9-12-7-13-15-9/h7-8,14H,2-6H2,1H3,(H,11,12,13). The van der Waals surface area contributed by atoms with Crippen LogP contribution in [0, 0.1) is 5.92 Å². The lowest BCUT2D eigenvalue weighted by Gasteiger charge is -2.35. The Balaban J connectivity index is 1.87. The molecule has 0 aromatic carbocycles. The SMILES string of the molecule is CC1CCCC(O)(CNc2ncns2)C1. The molecule has 1 aliphatic rings. The van der Waals surface area contributed by atoms with E-state index >= 15 is 0 Å². The van der Waals surface area contributed by atoms with Crippen LogP contribution in [0.2, 0.25) is 0 Å². The van der Waals surface area contributed by atoms with Crippen molar-refractivity contribution in [2.75, 3.05) is 11.9 Å². The summed E-state index contributed by atoms with van der Waals surface area (Å²) in [6.45, 7) is 2.79. The van der Waals surface area contributed by atoms with Gasteiger partial charge >= 0.3 is 0 Å². The highest BCUT2D eigenvalue weighted by atomic mass is 32.1. The average Bonchev–Trinajstić information content (AvgIpc) is 2.67. The molecule has 1 aliphatic carbocycles. The molecular weight excluding hydrogens is 210 g/mol. The summed E-state index contributed by atoms with van der Waals surface area (Å²) in [7, 11) is 0. The van der Waals surface area contributed by atoms with Gasteiger partial charge in [-0.3, -0.25) is 0 Å². The summed E-state index contributed by atoms with van der Waals surface area (Å²) in [5.41, 5.74) is -0.552. The Morgan fingerprint density at radius 1 is 1.73 bits per heavy atom. The third-order valence-electron chi connectivity index (χ3n) is 3.00.